The number of carbonyl (C=O) groups excluding carboxylic acids is 1. The third kappa shape index (κ3) is 3.31. The van der Waals surface area contributed by atoms with Gasteiger partial charge in [0.2, 0.25) is 5.43 Å². The number of esters is 1. The van der Waals surface area contributed by atoms with Crippen LogP contribution < -0.4 is 10.2 Å². The fourth-order valence-corrected chi connectivity index (χ4v) is 2.90. The van der Waals surface area contributed by atoms with Crippen molar-refractivity contribution in [3.63, 3.8) is 0 Å². The van der Waals surface area contributed by atoms with Gasteiger partial charge in [-0.1, -0.05) is 19.4 Å². The Bertz CT molecular complexity index is 990. The second-order valence-electron chi connectivity index (χ2n) is 5.88. The van der Waals surface area contributed by atoms with Crippen molar-refractivity contribution >= 4 is 16.9 Å². The molecule has 0 radical (unpaired) electrons. The lowest BCUT2D eigenvalue weighted by atomic mass is 10.0. The Morgan fingerprint density at radius 2 is 2.08 bits per heavy atom. The number of aryl methyl sites for hydroxylation is 2. The Balaban J connectivity index is 2.28. The summed E-state index contributed by atoms with van der Waals surface area (Å²) in [7, 11) is 0. The first-order valence-corrected chi connectivity index (χ1v) is 8.21. The molecular formula is C20H19NO4. The van der Waals surface area contributed by atoms with E-state index < -0.39 is 5.97 Å². The highest BCUT2D eigenvalue weighted by atomic mass is 16.5. The smallest absolute Gasteiger partial charge is 0.308 e. The van der Waals surface area contributed by atoms with Gasteiger partial charge in [0.1, 0.15) is 17.1 Å². The number of fused-ring (bicyclic) bond motifs is 1. The Morgan fingerprint density at radius 1 is 1.28 bits per heavy atom. The Labute approximate surface area is 145 Å². The van der Waals surface area contributed by atoms with Crippen LogP contribution in [0.4, 0.5) is 0 Å². The maximum atomic E-state index is 13.0. The number of ether oxygens (including phenoxy) is 1. The van der Waals surface area contributed by atoms with Crippen molar-refractivity contribution in [2.75, 3.05) is 0 Å². The van der Waals surface area contributed by atoms with Crippen LogP contribution in [0.5, 0.6) is 5.75 Å². The lowest BCUT2D eigenvalue weighted by molar-refractivity contribution is -0.131. The normalized spacial score (nSPS) is 10.8. The summed E-state index contributed by atoms with van der Waals surface area (Å²) in [6.45, 7) is 5.11. The van der Waals surface area contributed by atoms with Gasteiger partial charge in [-0.05, 0) is 37.1 Å². The molecule has 0 N–H and O–H groups in total. The van der Waals surface area contributed by atoms with Crippen LogP contribution in [0.15, 0.2) is 45.7 Å². The number of pyridine rings is 1. The van der Waals surface area contributed by atoms with E-state index in [0.717, 1.165) is 12.0 Å². The molecule has 5 nitrogen and oxygen atoms in total. The van der Waals surface area contributed by atoms with E-state index >= 15 is 0 Å². The molecule has 0 saturated heterocycles. The molecule has 0 aliphatic carbocycles. The van der Waals surface area contributed by atoms with E-state index in [1.165, 1.54) is 6.92 Å². The minimum atomic E-state index is -0.402. The number of hydrogen-bond donors (Lipinski definition) is 0. The summed E-state index contributed by atoms with van der Waals surface area (Å²) >= 11 is 0. The summed E-state index contributed by atoms with van der Waals surface area (Å²) in [5, 5.41) is 0.464. The van der Waals surface area contributed by atoms with Crippen molar-refractivity contribution in [2.45, 2.75) is 33.6 Å². The highest BCUT2D eigenvalue weighted by molar-refractivity contribution is 5.85. The lowest BCUT2D eigenvalue weighted by Gasteiger charge is -2.11. The molecule has 0 amide bonds. The highest BCUT2D eigenvalue weighted by Gasteiger charge is 2.17. The van der Waals surface area contributed by atoms with Gasteiger partial charge in [-0.25, -0.2) is 0 Å². The summed E-state index contributed by atoms with van der Waals surface area (Å²) in [4.78, 5) is 28.7. The lowest BCUT2D eigenvalue weighted by Crippen LogP contribution is -2.10. The van der Waals surface area contributed by atoms with Crippen LogP contribution in [0, 0.1) is 6.92 Å². The van der Waals surface area contributed by atoms with Gasteiger partial charge in [0.05, 0.1) is 16.6 Å². The number of carbonyl (C=O) groups is 1. The average molecular weight is 337 g/mol. The Hall–Kier alpha value is -2.95. The van der Waals surface area contributed by atoms with E-state index in [4.69, 9.17) is 9.15 Å². The van der Waals surface area contributed by atoms with E-state index in [1.807, 2.05) is 13.0 Å². The predicted molar refractivity (Wildman–Crippen MR) is 95.8 cm³/mol. The van der Waals surface area contributed by atoms with Crippen molar-refractivity contribution < 1.29 is 13.9 Å². The molecule has 2 aromatic heterocycles. The van der Waals surface area contributed by atoms with Crippen LogP contribution in [0.25, 0.3) is 22.2 Å². The van der Waals surface area contributed by atoms with Gasteiger partial charge >= 0.3 is 5.97 Å². The van der Waals surface area contributed by atoms with E-state index in [2.05, 4.69) is 4.98 Å². The molecule has 0 bridgehead atoms. The summed E-state index contributed by atoms with van der Waals surface area (Å²) in [6.07, 6.45) is 3.21. The molecule has 2 heterocycles. The van der Waals surface area contributed by atoms with E-state index in [-0.39, 0.29) is 5.43 Å². The Morgan fingerprint density at radius 3 is 2.72 bits per heavy atom. The minimum absolute atomic E-state index is 0.135. The predicted octanol–water partition coefficient (Wildman–Crippen LogP) is 4.04. The third-order valence-corrected chi connectivity index (χ3v) is 3.94. The molecule has 0 aliphatic heterocycles. The van der Waals surface area contributed by atoms with Gasteiger partial charge in [-0.2, -0.15) is 0 Å². The molecule has 5 heteroatoms. The molecule has 0 atom stereocenters. The maximum absolute atomic E-state index is 13.0. The van der Waals surface area contributed by atoms with Crippen molar-refractivity contribution in [3.8, 4) is 17.0 Å². The van der Waals surface area contributed by atoms with Gasteiger partial charge in [0.15, 0.2) is 0 Å². The number of nitrogens with zero attached hydrogens (tertiary/aromatic N) is 1. The summed E-state index contributed by atoms with van der Waals surface area (Å²) < 4.78 is 11.1. The SMILES string of the molecule is CCCc1cc2c(=O)c(-c3ccccn3)c(C)oc2cc1OC(C)=O. The fourth-order valence-electron chi connectivity index (χ4n) is 2.90. The zero-order valence-corrected chi connectivity index (χ0v) is 14.5. The third-order valence-electron chi connectivity index (χ3n) is 3.94. The first kappa shape index (κ1) is 16.9. The van der Waals surface area contributed by atoms with E-state index in [0.29, 0.717) is 40.2 Å². The maximum Gasteiger partial charge on any atom is 0.308 e. The van der Waals surface area contributed by atoms with Crippen LogP contribution in [0.2, 0.25) is 0 Å². The molecule has 0 spiro atoms. The zero-order valence-electron chi connectivity index (χ0n) is 14.5. The largest absolute Gasteiger partial charge is 0.460 e. The van der Waals surface area contributed by atoms with Crippen LogP contribution in [0.3, 0.4) is 0 Å². The molecule has 0 saturated carbocycles. The van der Waals surface area contributed by atoms with Crippen molar-refractivity contribution in [3.05, 3.63) is 58.1 Å². The summed E-state index contributed by atoms with van der Waals surface area (Å²) in [6, 6.07) is 8.79. The van der Waals surface area contributed by atoms with E-state index in [9.17, 15) is 9.59 Å². The molecule has 0 fully saturated rings. The molecule has 0 unspecified atom stereocenters. The number of hydrogen-bond acceptors (Lipinski definition) is 5. The molecular weight excluding hydrogens is 318 g/mol. The van der Waals surface area contributed by atoms with Crippen LogP contribution in [-0.2, 0) is 11.2 Å². The van der Waals surface area contributed by atoms with Crippen LogP contribution >= 0.6 is 0 Å². The molecule has 3 aromatic rings. The first-order valence-electron chi connectivity index (χ1n) is 8.21. The molecule has 25 heavy (non-hydrogen) atoms. The van der Waals surface area contributed by atoms with Crippen LogP contribution in [0.1, 0.15) is 31.6 Å². The van der Waals surface area contributed by atoms with Crippen molar-refractivity contribution in [1.82, 2.24) is 4.98 Å². The second-order valence-corrected chi connectivity index (χ2v) is 5.88. The van der Waals surface area contributed by atoms with Gasteiger partial charge < -0.3 is 9.15 Å². The summed E-state index contributed by atoms with van der Waals surface area (Å²) in [5.74, 6) is 0.518. The number of rotatable bonds is 4. The molecule has 128 valence electrons. The average Bonchev–Trinajstić information content (AvgIpc) is 2.57. The topological polar surface area (TPSA) is 69.4 Å². The van der Waals surface area contributed by atoms with Gasteiger partial charge in [0.25, 0.3) is 0 Å². The number of benzene rings is 1. The van der Waals surface area contributed by atoms with Crippen molar-refractivity contribution in [2.24, 2.45) is 0 Å². The molecule has 3 rings (SSSR count). The Kier molecular flexibility index (Phi) is 4.65. The van der Waals surface area contributed by atoms with Crippen molar-refractivity contribution in [1.29, 1.82) is 0 Å². The zero-order chi connectivity index (χ0) is 18.0. The molecule has 0 aliphatic rings. The summed E-state index contributed by atoms with van der Waals surface area (Å²) in [5.41, 5.74) is 2.11. The van der Waals surface area contributed by atoms with Crippen LogP contribution in [-0.4, -0.2) is 11.0 Å². The minimum Gasteiger partial charge on any atom is -0.460 e. The monoisotopic (exact) mass is 337 g/mol. The standard InChI is InChI=1S/C20H19NO4/c1-4-7-14-10-15-18(11-17(14)25-13(3)22)24-12(2)19(20(15)23)16-8-5-6-9-21-16/h5-6,8-11H,4,7H2,1-3H3. The molecule has 1 aromatic carbocycles. The fraction of sp³-hybridized carbons (Fsp3) is 0.250. The van der Waals surface area contributed by atoms with Gasteiger partial charge in [-0.15, -0.1) is 0 Å². The van der Waals surface area contributed by atoms with Gasteiger partial charge in [0, 0.05) is 19.2 Å². The second kappa shape index (κ2) is 6.89. The van der Waals surface area contributed by atoms with Gasteiger partial charge in [-0.3, -0.25) is 14.6 Å². The number of aromatic nitrogens is 1. The van der Waals surface area contributed by atoms with E-state index in [1.54, 1.807) is 37.4 Å². The first-order chi connectivity index (χ1) is 12.0. The highest BCUT2D eigenvalue weighted by Crippen LogP contribution is 2.29. The quantitative estimate of drug-likeness (QED) is 0.531.